The van der Waals surface area contributed by atoms with E-state index in [2.05, 4.69) is 14.9 Å². The van der Waals surface area contributed by atoms with Crippen LogP contribution in [0, 0.1) is 23.3 Å². The first-order valence-corrected chi connectivity index (χ1v) is 39.6. The highest BCUT2D eigenvalue weighted by Crippen LogP contribution is 2.48. The lowest BCUT2D eigenvalue weighted by Gasteiger charge is -2.23. The Morgan fingerprint density at radius 3 is 1.12 bits per heavy atom. The molecule has 18 rings (SSSR count). The van der Waals surface area contributed by atoms with Gasteiger partial charge in [0, 0.05) is 111 Å². The number of fused-ring (bicyclic) bond motifs is 13. The number of phenols is 3. The number of nitrogens with two attached hydrogens (primary N) is 1. The van der Waals surface area contributed by atoms with Crippen LogP contribution in [0.4, 0.5) is 17.6 Å². The zero-order chi connectivity index (χ0) is 85.9. The predicted octanol–water partition coefficient (Wildman–Crippen LogP) is 17.5. The van der Waals surface area contributed by atoms with Gasteiger partial charge in [0.25, 0.3) is 11.8 Å². The molecule has 2 amide bonds. The summed E-state index contributed by atoms with van der Waals surface area (Å²) in [6, 6.07) is 53.3. The number of ether oxygens (including phenoxy) is 7. The fourth-order valence-corrected chi connectivity index (χ4v) is 16.8. The number of hydrogen-bond donors (Lipinski definition) is 7. The van der Waals surface area contributed by atoms with Gasteiger partial charge in [0.1, 0.15) is 23.3 Å². The largest absolute Gasteiger partial charge is 0.504 e. The van der Waals surface area contributed by atoms with Gasteiger partial charge in [0.2, 0.25) is 0 Å². The number of nitrogens with zero attached hydrogens (tertiary/aromatic N) is 4. The quantitative estimate of drug-likeness (QED) is 0.0293. The van der Waals surface area contributed by atoms with Gasteiger partial charge in [-0.1, -0.05) is 66.7 Å². The Morgan fingerprint density at radius 1 is 0.426 bits per heavy atom. The van der Waals surface area contributed by atoms with Crippen LogP contribution >= 0.6 is 0 Å². The molecule has 0 unspecified atom stereocenters. The zero-order valence-electron chi connectivity index (χ0n) is 67.8. The van der Waals surface area contributed by atoms with Crippen LogP contribution in [0.3, 0.4) is 0 Å². The first-order valence-electron chi connectivity index (χ1n) is 39.6. The van der Waals surface area contributed by atoms with E-state index in [-0.39, 0.29) is 60.4 Å². The Balaban J connectivity index is 0.000000128. The number of carbonyl (C=O) groups is 4. The lowest BCUT2D eigenvalue weighted by Crippen LogP contribution is -2.39. The van der Waals surface area contributed by atoms with Gasteiger partial charge in [0.15, 0.2) is 46.0 Å². The third-order valence-corrected chi connectivity index (χ3v) is 22.3. The molecule has 0 spiro atoms. The number of hydrogen-bond acceptors (Lipinski definition) is 15. The molecule has 0 saturated heterocycles. The number of aromatic nitrogens is 5. The number of phenolic OH excluding ortho intramolecular Hbond substituents is 3. The molecular formula is C96H87F4N7O15. The molecular weight excluding hydrogens is 1570 g/mol. The van der Waals surface area contributed by atoms with E-state index < -0.39 is 29.7 Å². The molecule has 9 aromatic carbocycles. The molecule has 14 aromatic rings. The van der Waals surface area contributed by atoms with E-state index in [0.29, 0.717) is 148 Å². The number of aryl methyl sites for hydroxylation is 4. The number of H-pyrrole nitrogens is 1. The van der Waals surface area contributed by atoms with Gasteiger partial charge < -0.3 is 87.9 Å². The summed E-state index contributed by atoms with van der Waals surface area (Å²) < 4.78 is 101. The Morgan fingerprint density at radius 2 is 0.762 bits per heavy atom. The number of rotatable bonds is 19. The fraction of sp³-hybridized carbons (Fsp3) is 0.208. The third-order valence-electron chi connectivity index (χ3n) is 22.3. The van der Waals surface area contributed by atoms with E-state index in [0.717, 1.165) is 90.2 Å². The number of para-hydroxylation sites is 1. The zero-order valence-corrected chi connectivity index (χ0v) is 67.8. The van der Waals surface area contributed by atoms with Crippen LogP contribution in [0.25, 0.3) is 101 Å². The van der Waals surface area contributed by atoms with Crippen LogP contribution in [0.1, 0.15) is 83.1 Å². The second-order valence-electron chi connectivity index (χ2n) is 29.4. The van der Waals surface area contributed by atoms with Gasteiger partial charge in [-0.2, -0.15) is 0 Å². The highest BCUT2D eigenvalue weighted by Gasteiger charge is 2.34. The van der Waals surface area contributed by atoms with Crippen molar-refractivity contribution in [2.45, 2.75) is 78.2 Å². The minimum atomic E-state index is -0.578. The van der Waals surface area contributed by atoms with E-state index in [9.17, 15) is 57.2 Å². The number of benzene rings is 9. The predicted molar refractivity (Wildman–Crippen MR) is 454 cm³/mol. The summed E-state index contributed by atoms with van der Waals surface area (Å²) in [7, 11) is 7.71. The van der Waals surface area contributed by atoms with Crippen LogP contribution in [0.2, 0.25) is 0 Å². The molecule has 5 aromatic heterocycles. The van der Waals surface area contributed by atoms with E-state index in [1.165, 1.54) is 69.9 Å². The van der Waals surface area contributed by atoms with Crippen molar-refractivity contribution in [1.82, 2.24) is 28.6 Å². The number of amides is 2. The number of aromatic hydroxyl groups is 3. The number of primary amides is 1. The molecule has 0 radical (unpaired) electrons. The normalized spacial score (nSPS) is 12.5. The number of halogens is 4. The molecule has 9 heterocycles. The maximum atomic E-state index is 14.3. The number of methoxy groups -OCH3 is 5. The SMILES string of the molecule is CCOC(=O)c1cc2n(c1-c1cccc(F)c1)CCc1cc(OC)c(O)cc1-2.CCOC(=O)c1cc2n(c1-c1cccc(F)c1)CCc1cc(OC)c(OC)cc1-2.COc1cc2c(cc1O)-c1cc(C(=O)N[C@@H](CO)Cc3c[nH]c4ccccc34)c(-c3cccc(F)c3)n1CC2.COc1cc2c(cc1O)-c1cc(C(N)=O)c(-c3cccc(F)c3)n1CC2. The van der Waals surface area contributed by atoms with Crippen molar-refractivity contribution < 1.29 is 90.3 Å². The molecule has 8 N–H and O–H groups in total. The first-order chi connectivity index (χ1) is 59.0. The third kappa shape index (κ3) is 16.1. The van der Waals surface area contributed by atoms with Crippen LogP contribution in [0.15, 0.2) is 200 Å². The number of aliphatic hydroxyl groups excluding tert-OH is 1. The molecule has 22 nitrogen and oxygen atoms in total. The molecule has 4 aliphatic rings. The van der Waals surface area contributed by atoms with Crippen LogP contribution < -0.4 is 34.7 Å². The van der Waals surface area contributed by atoms with Gasteiger partial charge in [-0.05, 0) is 201 Å². The summed E-state index contributed by atoms with van der Waals surface area (Å²) in [5.41, 5.74) is 24.6. The second-order valence-corrected chi connectivity index (χ2v) is 29.4. The summed E-state index contributed by atoms with van der Waals surface area (Å²) in [5.74, 6) is -0.784. The van der Waals surface area contributed by atoms with E-state index in [1.807, 2.05) is 74.5 Å². The van der Waals surface area contributed by atoms with Crippen LogP contribution in [-0.2, 0) is 67.8 Å². The Kier molecular flexibility index (Phi) is 23.9. The smallest absolute Gasteiger partial charge is 0.340 e. The number of carbonyl (C=O) groups excluding carboxylic acids is 4. The van der Waals surface area contributed by atoms with Gasteiger partial charge in [-0.15, -0.1) is 0 Å². The number of nitrogens with one attached hydrogen (secondary N) is 2. The van der Waals surface area contributed by atoms with Crippen LogP contribution in [0.5, 0.6) is 46.0 Å². The minimum Gasteiger partial charge on any atom is -0.504 e. The summed E-state index contributed by atoms with van der Waals surface area (Å²) >= 11 is 0. The molecule has 4 aliphatic heterocycles. The summed E-state index contributed by atoms with van der Waals surface area (Å²) in [6.07, 6.45) is 5.11. The lowest BCUT2D eigenvalue weighted by atomic mass is 9.97. The topological polar surface area (TPSA) is 287 Å². The maximum Gasteiger partial charge on any atom is 0.340 e. The first kappa shape index (κ1) is 82.7. The number of aromatic amines is 1. The van der Waals surface area contributed by atoms with E-state index >= 15 is 0 Å². The molecule has 624 valence electrons. The van der Waals surface area contributed by atoms with Gasteiger partial charge in [0.05, 0.1) is 106 Å². The molecule has 26 heteroatoms. The van der Waals surface area contributed by atoms with Crippen LogP contribution in [-0.4, -0.2) is 129 Å². The molecule has 0 bridgehead atoms. The minimum absolute atomic E-state index is 0.00304. The van der Waals surface area contributed by atoms with Crippen molar-refractivity contribution in [2.75, 3.05) is 55.4 Å². The number of esters is 2. The summed E-state index contributed by atoms with van der Waals surface area (Å²) in [6.45, 7) is 6.22. The average Bonchev–Trinajstić information content (AvgIpc) is 1.61. The Bertz CT molecular complexity index is 6410. The van der Waals surface area contributed by atoms with Crippen molar-refractivity contribution >= 4 is 34.7 Å². The molecule has 0 fully saturated rings. The Labute approximate surface area is 699 Å². The Hall–Kier alpha value is -14.4. The number of aliphatic hydroxyl groups is 1. The average molecular weight is 1650 g/mol. The van der Waals surface area contributed by atoms with Gasteiger partial charge in [-0.25, -0.2) is 27.2 Å². The van der Waals surface area contributed by atoms with Crippen molar-refractivity contribution in [2.24, 2.45) is 5.73 Å². The fourth-order valence-electron chi connectivity index (χ4n) is 16.8. The van der Waals surface area contributed by atoms with Gasteiger partial charge >= 0.3 is 11.9 Å². The highest BCUT2D eigenvalue weighted by atomic mass is 19.1. The molecule has 122 heavy (non-hydrogen) atoms. The van der Waals surface area contributed by atoms with Gasteiger partial charge in [-0.3, -0.25) is 9.59 Å². The monoisotopic (exact) mass is 1650 g/mol. The highest BCUT2D eigenvalue weighted by molar-refractivity contribution is 6.04. The standard InChI is InChI=1S/C31H28FN3O4.C23H22FNO4.C22H20FNO4.C20H17FN2O3/c1-39-29-13-18-9-10-35-27(24(18)15-28(29)37)14-25(30(35)19-5-4-6-21(32)11-19)31(38)34-22(17-36)12-20-16-33-26-8-3-2-7-23(20)26;1-4-29-23(26)18-12-19-17-13-21(28-3)20(27-2)11-14(17)8-9-25(19)22(18)15-6-5-7-16(24)10-15;1-3-28-22(26)17-11-18-16-12-19(25)20(27-2)10-13(16)7-8-24(18)21(17)14-5-4-6-15(23)9-14;1-26-18-8-11-5-6-23-16(14(11)10-17(18)24)9-15(20(22)25)19(23)12-3-2-4-13(21)7-12/h2-8,11,13-16,22,33,36-37H,9-10,12,17H2,1H3,(H,34,38);5-7,10-13H,4,8-9H2,1-3H3;4-6,9-12,25H,3,7-8H2,1-2H3;2-4,7-10,24H,5-6H2,1H3,(H2,22,25)/t22-;;;/m1.../s1. The molecule has 1 atom stereocenters. The summed E-state index contributed by atoms with van der Waals surface area (Å²) in [5, 5.41) is 45.1. The van der Waals surface area contributed by atoms with E-state index in [4.69, 9.17) is 38.9 Å². The van der Waals surface area contributed by atoms with Crippen molar-refractivity contribution in [3.8, 4) is 136 Å². The van der Waals surface area contributed by atoms with E-state index in [1.54, 1.807) is 119 Å². The maximum absolute atomic E-state index is 14.3. The van der Waals surface area contributed by atoms with Crippen molar-refractivity contribution in [3.63, 3.8) is 0 Å². The van der Waals surface area contributed by atoms with Crippen molar-refractivity contribution in [1.29, 1.82) is 0 Å². The summed E-state index contributed by atoms with van der Waals surface area (Å²) in [4.78, 5) is 54.4. The second kappa shape index (κ2) is 35.3. The van der Waals surface area contributed by atoms with Crippen molar-refractivity contribution in [3.05, 3.63) is 274 Å². The molecule has 0 saturated carbocycles. The lowest BCUT2D eigenvalue weighted by molar-refractivity contribution is 0.0517. The molecule has 0 aliphatic carbocycles.